The lowest BCUT2D eigenvalue weighted by atomic mass is 10.3. The number of hydrogen-bond acceptors (Lipinski definition) is 4. The van der Waals surface area contributed by atoms with E-state index in [-0.39, 0.29) is 12.1 Å². The van der Waals surface area contributed by atoms with Crippen molar-refractivity contribution >= 4 is 21.6 Å². The summed E-state index contributed by atoms with van der Waals surface area (Å²) in [6, 6.07) is 8.05. The molecule has 0 spiro atoms. The van der Waals surface area contributed by atoms with Crippen LogP contribution in [0.5, 0.6) is 0 Å². The van der Waals surface area contributed by atoms with Gasteiger partial charge in [-0.3, -0.25) is 10.1 Å². The van der Waals surface area contributed by atoms with Crippen LogP contribution in [0.2, 0.25) is 0 Å². The molecule has 0 saturated heterocycles. The third-order valence-corrected chi connectivity index (χ3v) is 2.97. The van der Waals surface area contributed by atoms with E-state index in [2.05, 4.69) is 21.0 Å². The normalized spacial score (nSPS) is 10.0. The first-order valence-corrected chi connectivity index (χ1v) is 5.77. The van der Waals surface area contributed by atoms with Crippen molar-refractivity contribution in [2.24, 2.45) is 0 Å². The number of non-ortho nitro benzene ring substituents is 1. The fraction of sp³-hybridized carbons (Fsp3) is 0.0909. The zero-order valence-electron chi connectivity index (χ0n) is 9.08. The fourth-order valence-corrected chi connectivity index (χ4v) is 1.86. The second kappa shape index (κ2) is 4.98. The quantitative estimate of drug-likeness (QED) is 0.644. The van der Waals surface area contributed by atoms with E-state index >= 15 is 0 Å². The maximum absolute atomic E-state index is 10.5. The summed E-state index contributed by atoms with van der Waals surface area (Å²) in [5.41, 5.74) is 1.36. The van der Waals surface area contributed by atoms with Crippen LogP contribution in [0.4, 0.5) is 5.69 Å². The number of aromatic nitrogens is 2. The van der Waals surface area contributed by atoms with Crippen LogP contribution in [-0.2, 0) is 6.42 Å². The maximum atomic E-state index is 10.5. The van der Waals surface area contributed by atoms with Crippen LogP contribution in [0.25, 0.3) is 5.69 Å². The highest BCUT2D eigenvalue weighted by atomic mass is 79.9. The Labute approximate surface area is 111 Å². The van der Waals surface area contributed by atoms with Gasteiger partial charge in [0.15, 0.2) is 0 Å². The van der Waals surface area contributed by atoms with E-state index < -0.39 is 4.92 Å². The average molecular weight is 307 g/mol. The molecule has 7 heteroatoms. The molecule has 18 heavy (non-hydrogen) atoms. The van der Waals surface area contributed by atoms with Gasteiger partial charge in [0.05, 0.1) is 33.3 Å². The third kappa shape index (κ3) is 2.38. The van der Waals surface area contributed by atoms with Gasteiger partial charge in [-0.15, -0.1) is 0 Å². The van der Waals surface area contributed by atoms with Crippen LogP contribution in [0.15, 0.2) is 34.9 Å². The molecule has 2 rings (SSSR count). The zero-order valence-corrected chi connectivity index (χ0v) is 10.7. The number of hydrogen-bond donors (Lipinski definition) is 0. The molecule has 0 bridgehead atoms. The van der Waals surface area contributed by atoms with Gasteiger partial charge < -0.3 is 0 Å². The maximum Gasteiger partial charge on any atom is 0.269 e. The Kier molecular flexibility index (Phi) is 3.39. The monoisotopic (exact) mass is 306 g/mol. The van der Waals surface area contributed by atoms with Crippen molar-refractivity contribution in [1.82, 2.24) is 9.78 Å². The molecule has 0 saturated carbocycles. The van der Waals surface area contributed by atoms with E-state index in [0.29, 0.717) is 11.4 Å². The summed E-state index contributed by atoms with van der Waals surface area (Å²) in [7, 11) is 0. The van der Waals surface area contributed by atoms with Crippen LogP contribution < -0.4 is 0 Å². The standard InChI is InChI=1S/C11H7BrN4O2/c12-10-7-15(14-11(10)5-6-13)8-1-3-9(4-2-8)16(17)18/h1-4,7H,5H2. The number of nitro benzene ring substituents is 1. The van der Waals surface area contributed by atoms with Crippen LogP contribution in [-0.4, -0.2) is 14.7 Å². The Balaban J connectivity index is 2.34. The summed E-state index contributed by atoms with van der Waals surface area (Å²) in [4.78, 5) is 10.1. The van der Waals surface area contributed by atoms with Gasteiger partial charge in [0, 0.05) is 18.3 Å². The Morgan fingerprint density at radius 2 is 2.11 bits per heavy atom. The third-order valence-electron chi connectivity index (χ3n) is 2.31. The van der Waals surface area contributed by atoms with Gasteiger partial charge in [-0.05, 0) is 28.1 Å². The lowest BCUT2D eigenvalue weighted by molar-refractivity contribution is -0.384. The summed E-state index contributed by atoms with van der Waals surface area (Å²) in [5.74, 6) is 0. The first kappa shape index (κ1) is 12.3. The van der Waals surface area contributed by atoms with Gasteiger partial charge in [0.25, 0.3) is 5.69 Å². The minimum absolute atomic E-state index is 0.0298. The van der Waals surface area contributed by atoms with Gasteiger partial charge >= 0.3 is 0 Å². The SMILES string of the molecule is N#CCc1nn(-c2ccc([N+](=O)[O-])cc2)cc1Br. The summed E-state index contributed by atoms with van der Waals surface area (Å²) >= 11 is 3.31. The molecule has 0 aliphatic carbocycles. The second-order valence-corrected chi connectivity index (χ2v) is 4.33. The highest BCUT2D eigenvalue weighted by Gasteiger charge is 2.09. The summed E-state index contributed by atoms with van der Waals surface area (Å²) in [6.45, 7) is 0. The molecular weight excluding hydrogens is 300 g/mol. The Morgan fingerprint density at radius 3 is 2.67 bits per heavy atom. The number of rotatable bonds is 3. The zero-order chi connectivity index (χ0) is 13.1. The molecular formula is C11H7BrN4O2. The molecule has 0 aliphatic rings. The van der Waals surface area contributed by atoms with Crippen molar-refractivity contribution in [2.75, 3.05) is 0 Å². The van der Waals surface area contributed by atoms with E-state index in [1.165, 1.54) is 12.1 Å². The first-order chi connectivity index (χ1) is 8.61. The number of nitriles is 1. The lowest BCUT2D eigenvalue weighted by Gasteiger charge is -1.99. The van der Waals surface area contributed by atoms with Gasteiger partial charge in [-0.2, -0.15) is 10.4 Å². The van der Waals surface area contributed by atoms with E-state index in [4.69, 9.17) is 5.26 Å². The molecule has 6 nitrogen and oxygen atoms in total. The highest BCUT2D eigenvalue weighted by Crippen LogP contribution is 2.20. The van der Waals surface area contributed by atoms with Crippen molar-refractivity contribution in [3.63, 3.8) is 0 Å². The van der Waals surface area contributed by atoms with Gasteiger partial charge in [0.2, 0.25) is 0 Å². The highest BCUT2D eigenvalue weighted by molar-refractivity contribution is 9.10. The van der Waals surface area contributed by atoms with Gasteiger partial charge in [-0.25, -0.2) is 4.68 Å². The van der Waals surface area contributed by atoms with Crippen LogP contribution in [0.3, 0.4) is 0 Å². The Bertz CT molecular complexity index is 627. The van der Waals surface area contributed by atoms with E-state index in [1.54, 1.807) is 23.0 Å². The van der Waals surface area contributed by atoms with E-state index in [0.717, 1.165) is 4.47 Å². The predicted molar refractivity (Wildman–Crippen MR) is 67.2 cm³/mol. The lowest BCUT2D eigenvalue weighted by Crippen LogP contribution is -1.96. The van der Waals surface area contributed by atoms with Gasteiger partial charge in [-0.1, -0.05) is 0 Å². The molecule has 0 atom stereocenters. The van der Waals surface area contributed by atoms with E-state index in [1.807, 2.05) is 6.07 Å². The number of halogens is 1. The van der Waals surface area contributed by atoms with Gasteiger partial charge in [0.1, 0.15) is 0 Å². The summed E-state index contributed by atoms with van der Waals surface area (Å²) < 4.78 is 2.31. The van der Waals surface area contributed by atoms with Crippen molar-refractivity contribution in [2.45, 2.75) is 6.42 Å². The number of nitrogens with zero attached hydrogens (tertiary/aromatic N) is 4. The van der Waals surface area contributed by atoms with Crippen molar-refractivity contribution in [3.05, 3.63) is 50.7 Å². The molecule has 1 aromatic carbocycles. The topological polar surface area (TPSA) is 84.8 Å². The van der Waals surface area contributed by atoms with Crippen LogP contribution in [0, 0.1) is 21.4 Å². The smallest absolute Gasteiger partial charge is 0.258 e. The Morgan fingerprint density at radius 1 is 1.44 bits per heavy atom. The van der Waals surface area contributed by atoms with Crippen LogP contribution in [0.1, 0.15) is 5.69 Å². The number of nitro groups is 1. The van der Waals surface area contributed by atoms with E-state index in [9.17, 15) is 10.1 Å². The molecule has 0 unspecified atom stereocenters. The molecule has 0 aliphatic heterocycles. The van der Waals surface area contributed by atoms with Crippen molar-refractivity contribution in [1.29, 1.82) is 5.26 Å². The molecule has 90 valence electrons. The fourth-order valence-electron chi connectivity index (χ4n) is 1.44. The minimum atomic E-state index is -0.454. The molecule has 0 radical (unpaired) electrons. The molecule has 0 fully saturated rings. The summed E-state index contributed by atoms with van der Waals surface area (Å²) in [6.07, 6.45) is 1.93. The molecule has 0 N–H and O–H groups in total. The molecule has 1 heterocycles. The van der Waals surface area contributed by atoms with Crippen LogP contribution >= 0.6 is 15.9 Å². The summed E-state index contributed by atoms with van der Waals surface area (Å²) in [5, 5.41) is 23.4. The molecule has 2 aromatic rings. The molecule has 1 aromatic heterocycles. The average Bonchev–Trinajstić information content (AvgIpc) is 2.72. The number of benzene rings is 1. The Hall–Kier alpha value is -2.20. The van der Waals surface area contributed by atoms with Crippen molar-refractivity contribution in [3.8, 4) is 11.8 Å². The molecule has 0 amide bonds. The van der Waals surface area contributed by atoms with Crippen molar-refractivity contribution < 1.29 is 4.92 Å². The minimum Gasteiger partial charge on any atom is -0.258 e. The predicted octanol–water partition coefficient (Wildman–Crippen LogP) is 2.61. The first-order valence-electron chi connectivity index (χ1n) is 4.97. The largest absolute Gasteiger partial charge is 0.269 e. The second-order valence-electron chi connectivity index (χ2n) is 3.48.